The van der Waals surface area contributed by atoms with E-state index >= 15 is 0 Å². The van der Waals surface area contributed by atoms with Crippen LogP contribution in [0.4, 0.5) is 8.78 Å². The SMILES string of the molecule is COc1cc(-c2nn(C)c(C(F)F)c2Cl)ncc1C#N. The number of rotatable bonds is 3. The molecule has 2 rings (SSSR count). The van der Waals surface area contributed by atoms with Gasteiger partial charge < -0.3 is 4.74 Å². The summed E-state index contributed by atoms with van der Waals surface area (Å²) >= 11 is 5.92. The molecule has 0 bridgehead atoms. The molecule has 0 saturated carbocycles. The number of alkyl halides is 2. The molecule has 2 heterocycles. The number of ether oxygens (including phenoxy) is 1. The number of nitriles is 1. The number of aromatic nitrogens is 3. The molecule has 0 atom stereocenters. The lowest BCUT2D eigenvalue weighted by molar-refractivity contribution is 0.141. The van der Waals surface area contributed by atoms with E-state index in [1.165, 1.54) is 26.4 Å². The molecule has 0 N–H and O–H groups in total. The Labute approximate surface area is 118 Å². The lowest BCUT2D eigenvalue weighted by Crippen LogP contribution is -1.98. The van der Waals surface area contributed by atoms with Crippen molar-refractivity contribution in [1.82, 2.24) is 14.8 Å². The van der Waals surface area contributed by atoms with E-state index in [0.717, 1.165) is 4.68 Å². The van der Waals surface area contributed by atoms with Crippen molar-refractivity contribution in [1.29, 1.82) is 5.26 Å². The summed E-state index contributed by atoms with van der Waals surface area (Å²) in [5.41, 5.74) is 0.227. The zero-order valence-corrected chi connectivity index (χ0v) is 11.3. The van der Waals surface area contributed by atoms with Crippen molar-refractivity contribution in [2.24, 2.45) is 7.05 Å². The van der Waals surface area contributed by atoms with Crippen LogP contribution >= 0.6 is 11.6 Å². The average Bonchev–Trinajstić information content (AvgIpc) is 2.73. The van der Waals surface area contributed by atoms with Gasteiger partial charge in [-0.15, -0.1) is 0 Å². The molecule has 0 aliphatic heterocycles. The van der Waals surface area contributed by atoms with Gasteiger partial charge in [-0.3, -0.25) is 9.67 Å². The number of methoxy groups -OCH3 is 1. The van der Waals surface area contributed by atoms with Gasteiger partial charge in [0.25, 0.3) is 6.43 Å². The molecule has 0 fully saturated rings. The van der Waals surface area contributed by atoms with Gasteiger partial charge in [-0.25, -0.2) is 8.78 Å². The second kappa shape index (κ2) is 5.43. The molecular formula is C12H9ClF2N4O. The molecule has 0 amide bonds. The van der Waals surface area contributed by atoms with Crippen LogP contribution in [-0.4, -0.2) is 21.9 Å². The van der Waals surface area contributed by atoms with Crippen molar-refractivity contribution in [3.8, 4) is 23.2 Å². The summed E-state index contributed by atoms with van der Waals surface area (Å²) in [6, 6.07) is 3.34. The second-order valence-electron chi connectivity index (χ2n) is 3.85. The van der Waals surface area contributed by atoms with Crippen LogP contribution in [0.15, 0.2) is 12.3 Å². The van der Waals surface area contributed by atoms with Gasteiger partial charge in [0.1, 0.15) is 28.8 Å². The van der Waals surface area contributed by atoms with E-state index in [9.17, 15) is 8.78 Å². The van der Waals surface area contributed by atoms with E-state index in [2.05, 4.69) is 10.1 Å². The van der Waals surface area contributed by atoms with Crippen molar-refractivity contribution in [2.75, 3.05) is 7.11 Å². The van der Waals surface area contributed by atoms with Crippen LogP contribution in [-0.2, 0) is 7.05 Å². The molecule has 0 spiro atoms. The highest BCUT2D eigenvalue weighted by Gasteiger charge is 2.24. The molecule has 20 heavy (non-hydrogen) atoms. The maximum absolute atomic E-state index is 12.8. The minimum atomic E-state index is -2.74. The van der Waals surface area contributed by atoms with E-state index in [-0.39, 0.29) is 33.4 Å². The summed E-state index contributed by atoms with van der Waals surface area (Å²) in [5.74, 6) is 0.276. The molecule has 0 unspecified atom stereocenters. The predicted molar refractivity (Wildman–Crippen MR) is 67.7 cm³/mol. The minimum absolute atomic E-state index is 0.118. The van der Waals surface area contributed by atoms with Crippen molar-refractivity contribution >= 4 is 11.6 Å². The minimum Gasteiger partial charge on any atom is -0.495 e. The molecule has 0 aromatic carbocycles. The first kappa shape index (κ1) is 14.2. The number of hydrogen-bond acceptors (Lipinski definition) is 4. The Hall–Kier alpha value is -2.20. The van der Waals surface area contributed by atoms with Gasteiger partial charge in [0.15, 0.2) is 0 Å². The fourth-order valence-electron chi connectivity index (χ4n) is 1.73. The van der Waals surface area contributed by atoms with Crippen LogP contribution in [0.1, 0.15) is 17.7 Å². The van der Waals surface area contributed by atoms with Gasteiger partial charge >= 0.3 is 0 Å². The van der Waals surface area contributed by atoms with Gasteiger partial charge in [-0.05, 0) is 0 Å². The normalized spacial score (nSPS) is 10.7. The number of aryl methyl sites for hydroxylation is 1. The zero-order chi connectivity index (χ0) is 14.9. The number of hydrogen-bond donors (Lipinski definition) is 0. The van der Waals surface area contributed by atoms with Crippen molar-refractivity contribution < 1.29 is 13.5 Å². The summed E-state index contributed by atoms with van der Waals surface area (Å²) < 4.78 is 31.7. The predicted octanol–water partition coefficient (Wildman–Crippen LogP) is 2.95. The summed E-state index contributed by atoms with van der Waals surface area (Å²) in [4.78, 5) is 4.00. The molecule has 5 nitrogen and oxygen atoms in total. The maximum atomic E-state index is 12.8. The monoisotopic (exact) mass is 298 g/mol. The van der Waals surface area contributed by atoms with Gasteiger partial charge in [-0.1, -0.05) is 11.6 Å². The quantitative estimate of drug-likeness (QED) is 0.874. The third kappa shape index (κ3) is 2.30. The van der Waals surface area contributed by atoms with Crippen molar-refractivity contribution in [3.05, 3.63) is 28.5 Å². The topological polar surface area (TPSA) is 63.7 Å². The van der Waals surface area contributed by atoms with E-state index in [4.69, 9.17) is 21.6 Å². The Morgan fingerprint density at radius 3 is 2.70 bits per heavy atom. The largest absolute Gasteiger partial charge is 0.495 e. The fraction of sp³-hybridized carbons (Fsp3) is 0.250. The second-order valence-corrected chi connectivity index (χ2v) is 4.23. The fourth-order valence-corrected chi connectivity index (χ4v) is 2.07. The molecule has 2 aromatic heterocycles. The number of nitrogens with zero attached hydrogens (tertiary/aromatic N) is 4. The van der Waals surface area contributed by atoms with E-state index in [1.807, 2.05) is 6.07 Å². The van der Waals surface area contributed by atoms with Crippen LogP contribution in [0.3, 0.4) is 0 Å². The van der Waals surface area contributed by atoms with Gasteiger partial charge in [0.2, 0.25) is 0 Å². The first-order valence-corrected chi connectivity index (χ1v) is 5.82. The highest BCUT2D eigenvalue weighted by molar-refractivity contribution is 6.33. The molecule has 0 aliphatic rings. The smallest absolute Gasteiger partial charge is 0.281 e. The molecule has 104 valence electrons. The van der Waals surface area contributed by atoms with Crippen molar-refractivity contribution in [3.63, 3.8) is 0 Å². The van der Waals surface area contributed by atoms with Crippen LogP contribution < -0.4 is 4.74 Å². The molecule has 8 heteroatoms. The molecule has 0 aliphatic carbocycles. The highest BCUT2D eigenvalue weighted by atomic mass is 35.5. The Bertz CT molecular complexity index is 693. The van der Waals surface area contributed by atoms with Crippen LogP contribution in [0, 0.1) is 11.3 Å². The Balaban J connectivity index is 2.58. The van der Waals surface area contributed by atoms with Crippen LogP contribution in [0.5, 0.6) is 5.75 Å². The number of halogens is 3. The van der Waals surface area contributed by atoms with E-state index < -0.39 is 6.43 Å². The first-order chi connectivity index (χ1) is 9.49. The number of pyridine rings is 1. The lowest BCUT2D eigenvalue weighted by Gasteiger charge is -2.04. The zero-order valence-electron chi connectivity index (χ0n) is 10.6. The van der Waals surface area contributed by atoms with Gasteiger partial charge in [0, 0.05) is 19.3 Å². The summed E-state index contributed by atoms with van der Waals surface area (Å²) in [6.45, 7) is 0. The summed E-state index contributed by atoms with van der Waals surface area (Å²) in [5, 5.41) is 12.6. The molecule has 2 aromatic rings. The van der Waals surface area contributed by atoms with Crippen molar-refractivity contribution in [2.45, 2.75) is 6.43 Å². The molecular weight excluding hydrogens is 290 g/mol. The summed E-state index contributed by atoms with van der Waals surface area (Å²) in [6.07, 6.45) is -1.46. The highest BCUT2D eigenvalue weighted by Crippen LogP contribution is 2.35. The van der Waals surface area contributed by atoms with Gasteiger partial charge in [0.05, 0.1) is 17.8 Å². The Morgan fingerprint density at radius 1 is 1.50 bits per heavy atom. The lowest BCUT2D eigenvalue weighted by atomic mass is 10.2. The summed E-state index contributed by atoms with van der Waals surface area (Å²) in [7, 11) is 2.77. The maximum Gasteiger partial charge on any atom is 0.281 e. The van der Waals surface area contributed by atoms with Gasteiger partial charge in [-0.2, -0.15) is 10.4 Å². The Morgan fingerprint density at radius 2 is 2.20 bits per heavy atom. The average molecular weight is 299 g/mol. The third-order valence-corrected chi connectivity index (χ3v) is 3.06. The van der Waals surface area contributed by atoms with Crippen LogP contribution in [0.2, 0.25) is 5.02 Å². The molecule has 0 saturated heterocycles. The van der Waals surface area contributed by atoms with Crippen LogP contribution in [0.25, 0.3) is 11.4 Å². The molecule has 0 radical (unpaired) electrons. The Kier molecular flexibility index (Phi) is 3.86. The standard InChI is InChI=1S/C12H9ClF2N4O/c1-19-11(12(14)15)9(13)10(18-19)7-3-8(20-2)6(4-16)5-17-7/h3,5,12H,1-2H3. The first-order valence-electron chi connectivity index (χ1n) is 5.44. The van der Waals surface area contributed by atoms with E-state index in [1.54, 1.807) is 0 Å². The van der Waals surface area contributed by atoms with E-state index in [0.29, 0.717) is 0 Å². The third-order valence-electron chi connectivity index (χ3n) is 2.69.